The molecule has 1 aliphatic heterocycles. The molecule has 0 unspecified atom stereocenters. The fraction of sp³-hybridized carbons (Fsp3) is 0.875. The SMILES string of the molecule is CCCN(CCC)C(=O)[C@H]1CC(=O)N(C2CCCC2)C1. The van der Waals surface area contributed by atoms with Gasteiger partial charge in [0, 0.05) is 32.1 Å². The van der Waals surface area contributed by atoms with E-state index in [0.29, 0.717) is 19.0 Å². The minimum Gasteiger partial charge on any atom is -0.342 e. The highest BCUT2D eigenvalue weighted by Gasteiger charge is 2.39. The summed E-state index contributed by atoms with van der Waals surface area (Å²) in [6.45, 7) is 6.50. The second kappa shape index (κ2) is 7.09. The number of likely N-dealkylation sites (tertiary alicyclic amines) is 1. The van der Waals surface area contributed by atoms with Crippen LogP contribution in [0.15, 0.2) is 0 Å². The van der Waals surface area contributed by atoms with Crippen molar-refractivity contribution in [2.75, 3.05) is 19.6 Å². The molecule has 4 heteroatoms. The second-order valence-corrected chi connectivity index (χ2v) is 6.21. The highest BCUT2D eigenvalue weighted by atomic mass is 16.2. The summed E-state index contributed by atoms with van der Waals surface area (Å²) in [5, 5.41) is 0. The summed E-state index contributed by atoms with van der Waals surface area (Å²) in [5.74, 6) is 0.298. The third-order valence-corrected chi connectivity index (χ3v) is 4.57. The van der Waals surface area contributed by atoms with Crippen molar-refractivity contribution < 1.29 is 9.59 Å². The van der Waals surface area contributed by atoms with Crippen molar-refractivity contribution in [3.8, 4) is 0 Å². The van der Waals surface area contributed by atoms with Gasteiger partial charge in [0.15, 0.2) is 0 Å². The van der Waals surface area contributed by atoms with E-state index in [9.17, 15) is 9.59 Å². The third-order valence-electron chi connectivity index (χ3n) is 4.57. The van der Waals surface area contributed by atoms with Crippen LogP contribution >= 0.6 is 0 Å². The summed E-state index contributed by atoms with van der Waals surface area (Å²) >= 11 is 0. The fourth-order valence-corrected chi connectivity index (χ4v) is 3.60. The molecule has 0 aromatic rings. The van der Waals surface area contributed by atoms with Crippen LogP contribution in [0, 0.1) is 5.92 Å². The van der Waals surface area contributed by atoms with E-state index >= 15 is 0 Å². The Hall–Kier alpha value is -1.06. The molecule has 1 heterocycles. The van der Waals surface area contributed by atoms with Gasteiger partial charge in [-0.05, 0) is 25.7 Å². The Labute approximate surface area is 122 Å². The van der Waals surface area contributed by atoms with Gasteiger partial charge in [-0.3, -0.25) is 9.59 Å². The Bertz CT molecular complexity index is 344. The van der Waals surface area contributed by atoms with Crippen molar-refractivity contribution >= 4 is 11.8 Å². The van der Waals surface area contributed by atoms with Crippen molar-refractivity contribution in [3.05, 3.63) is 0 Å². The number of amides is 2. The van der Waals surface area contributed by atoms with Crippen molar-refractivity contribution in [1.29, 1.82) is 0 Å². The van der Waals surface area contributed by atoms with E-state index < -0.39 is 0 Å². The average molecular weight is 280 g/mol. The van der Waals surface area contributed by atoms with Crippen LogP contribution in [0.4, 0.5) is 0 Å². The summed E-state index contributed by atoms with van der Waals surface area (Å²) < 4.78 is 0. The second-order valence-electron chi connectivity index (χ2n) is 6.21. The first-order valence-corrected chi connectivity index (χ1v) is 8.25. The van der Waals surface area contributed by atoms with Gasteiger partial charge in [0.25, 0.3) is 0 Å². The zero-order valence-corrected chi connectivity index (χ0v) is 12.9. The molecule has 2 fully saturated rings. The summed E-state index contributed by atoms with van der Waals surface area (Å²) in [6.07, 6.45) is 7.10. The van der Waals surface area contributed by atoms with E-state index in [0.717, 1.165) is 38.8 Å². The molecule has 4 nitrogen and oxygen atoms in total. The molecule has 2 aliphatic rings. The molecule has 0 bridgehead atoms. The van der Waals surface area contributed by atoms with Gasteiger partial charge in [-0.25, -0.2) is 0 Å². The van der Waals surface area contributed by atoms with Gasteiger partial charge in [0.1, 0.15) is 0 Å². The fourth-order valence-electron chi connectivity index (χ4n) is 3.60. The molecule has 0 aromatic heterocycles. The standard InChI is InChI=1S/C16H28N2O2/c1-3-9-17(10-4-2)16(20)13-11-15(19)18(12-13)14-7-5-6-8-14/h13-14H,3-12H2,1-2H3/t13-/m0/s1. The van der Waals surface area contributed by atoms with Crippen LogP contribution in [0.25, 0.3) is 0 Å². The summed E-state index contributed by atoms with van der Waals surface area (Å²) in [4.78, 5) is 28.7. The molecule has 0 spiro atoms. The van der Waals surface area contributed by atoms with Gasteiger partial charge >= 0.3 is 0 Å². The third kappa shape index (κ3) is 3.33. The van der Waals surface area contributed by atoms with Crippen LogP contribution in [0.3, 0.4) is 0 Å². The number of carbonyl (C=O) groups excluding carboxylic acids is 2. The minimum atomic E-state index is -0.0961. The minimum absolute atomic E-state index is 0.0961. The van der Waals surface area contributed by atoms with Gasteiger partial charge in [-0.15, -0.1) is 0 Å². The maximum absolute atomic E-state index is 12.6. The number of rotatable bonds is 6. The normalized spacial score (nSPS) is 23.6. The quantitative estimate of drug-likeness (QED) is 0.749. The van der Waals surface area contributed by atoms with Crippen LogP contribution in [0.5, 0.6) is 0 Å². The van der Waals surface area contributed by atoms with Gasteiger partial charge in [0.2, 0.25) is 11.8 Å². The Morgan fingerprint density at radius 3 is 2.35 bits per heavy atom. The predicted molar refractivity (Wildman–Crippen MR) is 79.2 cm³/mol. The molecule has 0 aromatic carbocycles. The lowest BCUT2D eigenvalue weighted by molar-refractivity contribution is -0.136. The molecule has 20 heavy (non-hydrogen) atoms. The average Bonchev–Trinajstić information content (AvgIpc) is 3.06. The van der Waals surface area contributed by atoms with Crippen molar-refractivity contribution in [1.82, 2.24) is 9.80 Å². The van der Waals surface area contributed by atoms with E-state index in [-0.39, 0.29) is 17.7 Å². The summed E-state index contributed by atoms with van der Waals surface area (Å²) in [5.41, 5.74) is 0. The van der Waals surface area contributed by atoms with Crippen molar-refractivity contribution in [3.63, 3.8) is 0 Å². The Morgan fingerprint density at radius 1 is 1.20 bits per heavy atom. The first-order valence-electron chi connectivity index (χ1n) is 8.25. The van der Waals surface area contributed by atoms with Gasteiger partial charge in [-0.2, -0.15) is 0 Å². The lowest BCUT2D eigenvalue weighted by Crippen LogP contribution is -2.39. The number of nitrogens with zero attached hydrogens (tertiary/aromatic N) is 2. The van der Waals surface area contributed by atoms with Crippen LogP contribution in [-0.4, -0.2) is 47.3 Å². The highest BCUT2D eigenvalue weighted by molar-refractivity contribution is 5.89. The first-order chi connectivity index (χ1) is 9.67. The highest BCUT2D eigenvalue weighted by Crippen LogP contribution is 2.30. The molecule has 2 amide bonds. The van der Waals surface area contributed by atoms with Gasteiger partial charge in [-0.1, -0.05) is 26.7 Å². The molecule has 114 valence electrons. The number of hydrogen-bond donors (Lipinski definition) is 0. The molecule has 0 N–H and O–H groups in total. The molecule has 1 atom stereocenters. The van der Waals surface area contributed by atoms with Crippen LogP contribution < -0.4 is 0 Å². The monoisotopic (exact) mass is 280 g/mol. The molecule has 1 saturated carbocycles. The Morgan fingerprint density at radius 2 is 1.80 bits per heavy atom. The van der Waals surface area contributed by atoms with Crippen LogP contribution in [0.1, 0.15) is 58.8 Å². The summed E-state index contributed by atoms with van der Waals surface area (Å²) in [6, 6.07) is 0.408. The largest absolute Gasteiger partial charge is 0.342 e. The van der Waals surface area contributed by atoms with E-state index in [4.69, 9.17) is 0 Å². The Balaban J connectivity index is 1.95. The number of carbonyl (C=O) groups is 2. The molecule has 1 saturated heterocycles. The Kier molecular flexibility index (Phi) is 5.44. The zero-order chi connectivity index (χ0) is 14.5. The molecule has 2 rings (SSSR count). The zero-order valence-electron chi connectivity index (χ0n) is 12.9. The van der Waals surface area contributed by atoms with Gasteiger partial charge < -0.3 is 9.80 Å². The molecular weight excluding hydrogens is 252 g/mol. The van der Waals surface area contributed by atoms with Crippen molar-refractivity contribution in [2.45, 2.75) is 64.8 Å². The van der Waals surface area contributed by atoms with Crippen LogP contribution in [-0.2, 0) is 9.59 Å². The van der Waals surface area contributed by atoms with E-state index in [2.05, 4.69) is 13.8 Å². The molecule has 0 radical (unpaired) electrons. The maximum atomic E-state index is 12.6. The van der Waals surface area contributed by atoms with Gasteiger partial charge in [0.05, 0.1) is 5.92 Å². The number of hydrogen-bond acceptors (Lipinski definition) is 2. The van der Waals surface area contributed by atoms with Crippen molar-refractivity contribution in [2.24, 2.45) is 5.92 Å². The molecule has 1 aliphatic carbocycles. The molecular formula is C16H28N2O2. The predicted octanol–water partition coefficient (Wildman–Crippen LogP) is 2.43. The topological polar surface area (TPSA) is 40.6 Å². The lowest BCUT2D eigenvalue weighted by atomic mass is 10.1. The maximum Gasteiger partial charge on any atom is 0.227 e. The lowest BCUT2D eigenvalue weighted by Gasteiger charge is -2.26. The van der Waals surface area contributed by atoms with E-state index in [1.54, 1.807) is 0 Å². The van der Waals surface area contributed by atoms with Crippen LogP contribution in [0.2, 0.25) is 0 Å². The summed E-state index contributed by atoms with van der Waals surface area (Å²) in [7, 11) is 0. The van der Waals surface area contributed by atoms with E-state index in [1.807, 2.05) is 9.80 Å². The first kappa shape index (κ1) is 15.3. The smallest absolute Gasteiger partial charge is 0.227 e. The van der Waals surface area contributed by atoms with E-state index in [1.165, 1.54) is 12.8 Å².